The summed E-state index contributed by atoms with van der Waals surface area (Å²) < 4.78 is 88.5. The van der Waals surface area contributed by atoms with Gasteiger partial charge < -0.3 is 15.0 Å². The summed E-state index contributed by atoms with van der Waals surface area (Å²) in [6, 6.07) is 6.94. The van der Waals surface area contributed by atoms with Crippen LogP contribution >= 0.6 is 11.6 Å². The number of rotatable bonds is 9. The van der Waals surface area contributed by atoms with Crippen molar-refractivity contribution in [1.82, 2.24) is 14.6 Å². The normalized spacial score (nSPS) is 16.1. The van der Waals surface area contributed by atoms with Gasteiger partial charge in [0.1, 0.15) is 17.3 Å². The fourth-order valence-electron chi connectivity index (χ4n) is 4.44. The molecule has 0 spiro atoms. The topological polar surface area (TPSA) is 101 Å². The predicted molar refractivity (Wildman–Crippen MR) is 145 cm³/mol. The van der Waals surface area contributed by atoms with Crippen molar-refractivity contribution in [2.24, 2.45) is 0 Å². The number of anilines is 1. The molecule has 1 fully saturated rings. The molecule has 3 aromatic rings. The maximum Gasteiger partial charge on any atom is 0.417 e. The molecule has 8 nitrogen and oxygen atoms in total. The van der Waals surface area contributed by atoms with Gasteiger partial charge in [-0.25, -0.2) is 22.5 Å². The number of benzene rings is 2. The molecular weight excluding hydrogens is 588 g/mol. The second kappa shape index (κ2) is 12.3. The van der Waals surface area contributed by atoms with Gasteiger partial charge in [0, 0.05) is 30.5 Å². The van der Waals surface area contributed by atoms with Crippen molar-refractivity contribution < 1.29 is 35.5 Å². The van der Waals surface area contributed by atoms with E-state index in [2.05, 4.69) is 19.9 Å². The lowest BCUT2D eigenvalue weighted by molar-refractivity contribution is -0.137. The summed E-state index contributed by atoms with van der Waals surface area (Å²) in [6.07, 6.45) is -2.08. The van der Waals surface area contributed by atoms with Crippen molar-refractivity contribution in [3.63, 3.8) is 0 Å². The number of ether oxygens (including phenoxy) is 1. The van der Waals surface area contributed by atoms with Gasteiger partial charge in [0.05, 0.1) is 16.1 Å². The van der Waals surface area contributed by atoms with E-state index in [1.807, 2.05) is 6.92 Å². The van der Waals surface area contributed by atoms with Crippen LogP contribution in [-0.4, -0.2) is 49.9 Å². The van der Waals surface area contributed by atoms with Gasteiger partial charge in [-0.3, -0.25) is 4.79 Å². The smallest absolute Gasteiger partial charge is 0.417 e. The zero-order chi connectivity index (χ0) is 29.9. The van der Waals surface area contributed by atoms with Crippen molar-refractivity contribution in [3.05, 3.63) is 76.2 Å². The minimum atomic E-state index is -4.85. The molecule has 1 aliphatic heterocycles. The maximum atomic E-state index is 13.6. The lowest BCUT2D eigenvalue weighted by Gasteiger charge is -2.17. The number of amides is 1. The van der Waals surface area contributed by atoms with E-state index in [1.165, 1.54) is 25.3 Å². The number of halogens is 5. The highest BCUT2D eigenvalue weighted by atomic mass is 35.5. The van der Waals surface area contributed by atoms with Crippen LogP contribution in [0.5, 0.6) is 11.5 Å². The average molecular weight is 615 g/mol. The van der Waals surface area contributed by atoms with Gasteiger partial charge in [-0.15, -0.1) is 0 Å². The van der Waals surface area contributed by atoms with Gasteiger partial charge in [0.2, 0.25) is 0 Å². The second-order valence-corrected chi connectivity index (χ2v) is 11.7. The predicted octanol–water partition coefficient (Wildman–Crippen LogP) is 6.01. The van der Waals surface area contributed by atoms with E-state index in [4.69, 9.17) is 16.3 Å². The molecule has 0 bridgehead atoms. The maximum absolute atomic E-state index is 13.6. The summed E-state index contributed by atoms with van der Waals surface area (Å²) >= 11 is 5.88. The number of carbonyl (C=O) groups is 1. The molecule has 0 aliphatic carbocycles. The van der Waals surface area contributed by atoms with Crippen LogP contribution in [0.2, 0.25) is 5.02 Å². The van der Waals surface area contributed by atoms with Gasteiger partial charge in [-0.05, 0) is 74.8 Å². The van der Waals surface area contributed by atoms with E-state index >= 15 is 0 Å². The molecule has 0 unspecified atom stereocenters. The van der Waals surface area contributed by atoms with Crippen LogP contribution < -0.4 is 14.8 Å². The Morgan fingerprint density at radius 2 is 1.93 bits per heavy atom. The van der Waals surface area contributed by atoms with Crippen LogP contribution in [0.4, 0.5) is 23.2 Å². The first kappa shape index (κ1) is 30.7. The van der Waals surface area contributed by atoms with Crippen molar-refractivity contribution in [2.45, 2.75) is 43.9 Å². The van der Waals surface area contributed by atoms with Crippen molar-refractivity contribution in [1.29, 1.82) is 0 Å². The number of likely N-dealkylation sites (tertiary alicyclic amines) is 1. The number of alkyl halides is 3. The third kappa shape index (κ3) is 7.53. The third-order valence-corrected chi connectivity index (χ3v) is 8.11. The Balaban J connectivity index is 1.60. The summed E-state index contributed by atoms with van der Waals surface area (Å²) in [7, 11) is -4.03. The number of pyridine rings is 1. The first-order valence-corrected chi connectivity index (χ1v) is 14.5. The van der Waals surface area contributed by atoms with E-state index in [0.717, 1.165) is 43.8 Å². The van der Waals surface area contributed by atoms with Crippen molar-refractivity contribution in [2.75, 3.05) is 25.0 Å². The number of aryl methyl sites for hydroxylation is 1. The molecule has 1 saturated heterocycles. The molecule has 220 valence electrons. The largest absolute Gasteiger partial charge is 0.456 e. The second-order valence-electron chi connectivity index (χ2n) is 9.58. The molecule has 41 heavy (non-hydrogen) atoms. The molecule has 2 heterocycles. The van der Waals surface area contributed by atoms with E-state index in [-0.39, 0.29) is 33.6 Å². The number of hydrogen-bond donors (Lipinski definition) is 2. The minimum Gasteiger partial charge on any atom is -0.456 e. The molecule has 2 N–H and O–H groups in total. The van der Waals surface area contributed by atoms with E-state index in [9.17, 15) is 30.8 Å². The fourth-order valence-corrected chi connectivity index (χ4v) is 5.94. The van der Waals surface area contributed by atoms with Crippen LogP contribution in [0.1, 0.15) is 41.3 Å². The van der Waals surface area contributed by atoms with Crippen LogP contribution in [-0.2, 0) is 16.2 Å². The highest BCUT2D eigenvalue weighted by Gasteiger charge is 2.35. The number of nitrogens with zero attached hydrogens (tertiary/aromatic N) is 2. The van der Waals surface area contributed by atoms with Gasteiger partial charge in [-0.1, -0.05) is 18.5 Å². The fraction of sp³-hybridized carbons (Fsp3) is 0.333. The summed E-state index contributed by atoms with van der Waals surface area (Å²) in [5.74, 6) is -1.98. The van der Waals surface area contributed by atoms with Crippen molar-refractivity contribution in [3.8, 4) is 11.5 Å². The lowest BCUT2D eigenvalue weighted by Crippen LogP contribution is -2.37. The third-order valence-electron chi connectivity index (χ3n) is 6.38. The SMILES string of the molecule is CCCN1CC[C@H](NS(=O)(=O)c2cc(NC(=O)c3cc(Cl)c(C(F)(F)F)cc3Oc3ccc(F)cc3C)ccn2)C1. The minimum absolute atomic E-state index is 0.0173. The Bertz CT molecular complexity index is 1550. The van der Waals surface area contributed by atoms with Crippen LogP contribution in [0.25, 0.3) is 0 Å². The van der Waals surface area contributed by atoms with E-state index in [0.29, 0.717) is 19.0 Å². The molecule has 0 saturated carbocycles. The molecule has 4 rings (SSSR count). The van der Waals surface area contributed by atoms with E-state index < -0.39 is 44.3 Å². The summed E-state index contributed by atoms with van der Waals surface area (Å²) in [5.41, 5.74) is -1.31. The quantitative estimate of drug-likeness (QED) is 0.287. The molecule has 1 atom stereocenters. The Morgan fingerprint density at radius 1 is 1.17 bits per heavy atom. The monoisotopic (exact) mass is 614 g/mol. The zero-order valence-corrected chi connectivity index (χ0v) is 23.6. The Hall–Kier alpha value is -3.26. The number of carbonyl (C=O) groups excluding carboxylic acids is 1. The van der Waals surface area contributed by atoms with Crippen LogP contribution in [0, 0.1) is 12.7 Å². The summed E-state index contributed by atoms with van der Waals surface area (Å²) in [5, 5.41) is 1.38. The molecule has 14 heteroatoms. The number of aromatic nitrogens is 1. The number of hydrogen-bond acceptors (Lipinski definition) is 6. The van der Waals surface area contributed by atoms with Gasteiger partial charge in [-0.2, -0.15) is 13.2 Å². The Labute approximate surface area is 239 Å². The summed E-state index contributed by atoms with van der Waals surface area (Å²) in [6.45, 7) is 5.71. The van der Waals surface area contributed by atoms with Crippen LogP contribution in [0.3, 0.4) is 0 Å². The van der Waals surface area contributed by atoms with Crippen molar-refractivity contribution >= 4 is 33.2 Å². The molecule has 0 radical (unpaired) electrons. The highest BCUT2D eigenvalue weighted by molar-refractivity contribution is 7.89. The van der Waals surface area contributed by atoms with Gasteiger partial charge >= 0.3 is 6.18 Å². The summed E-state index contributed by atoms with van der Waals surface area (Å²) in [4.78, 5) is 19.3. The zero-order valence-electron chi connectivity index (χ0n) is 22.1. The highest BCUT2D eigenvalue weighted by Crippen LogP contribution is 2.40. The molecule has 1 aromatic heterocycles. The molecule has 1 amide bonds. The number of nitrogens with one attached hydrogen (secondary N) is 2. The Morgan fingerprint density at radius 3 is 2.61 bits per heavy atom. The first-order chi connectivity index (χ1) is 19.3. The Kier molecular flexibility index (Phi) is 9.22. The van der Waals surface area contributed by atoms with Gasteiger partial charge in [0.15, 0.2) is 5.03 Å². The first-order valence-electron chi connectivity index (χ1n) is 12.6. The average Bonchev–Trinajstić information content (AvgIpc) is 3.32. The standard InChI is InChI=1S/C27H27ClF4N4O4S/c1-3-9-36-10-7-19(15-36)35-41(38,39)25-12-18(6-8-33-25)34-26(37)20-13-22(28)21(27(30,31)32)14-24(20)40-23-5-4-17(29)11-16(23)2/h4-6,8,11-14,19,35H,3,7,9-10,15H2,1-2H3,(H,33,34,37)/t19-/m0/s1. The molecule has 1 aliphatic rings. The molecule has 2 aromatic carbocycles. The number of sulfonamides is 1. The van der Waals surface area contributed by atoms with E-state index in [1.54, 1.807) is 0 Å². The molecular formula is C27H27ClF4N4O4S. The van der Waals surface area contributed by atoms with Gasteiger partial charge in [0.25, 0.3) is 15.9 Å². The van der Waals surface area contributed by atoms with Crippen LogP contribution in [0.15, 0.2) is 53.7 Å². The lowest BCUT2D eigenvalue weighted by atomic mass is 10.1.